The Labute approximate surface area is 144 Å². The number of nitrogens with one attached hydrogen (secondary N) is 1. The van der Waals surface area contributed by atoms with Crippen molar-refractivity contribution in [3.63, 3.8) is 0 Å². The Morgan fingerprint density at radius 1 is 1.04 bits per heavy atom. The lowest BCUT2D eigenvalue weighted by Gasteiger charge is -2.12. The zero-order valence-corrected chi connectivity index (χ0v) is 15.2. The Morgan fingerprint density at radius 2 is 1.67 bits per heavy atom. The molecule has 0 amide bonds. The monoisotopic (exact) mass is 344 g/mol. The minimum absolute atomic E-state index is 0.316. The van der Waals surface area contributed by atoms with Gasteiger partial charge in [0.25, 0.3) is 0 Å². The SMILES string of the molecule is C/C(=C\c1ccccc1)CNCc1ccc(S(=O)(=O)N(C)C)cc1. The number of benzene rings is 2. The molecular weight excluding hydrogens is 320 g/mol. The second kappa shape index (κ2) is 8.24. The summed E-state index contributed by atoms with van der Waals surface area (Å²) in [7, 11) is -0.290. The van der Waals surface area contributed by atoms with Crippen molar-refractivity contribution in [1.29, 1.82) is 0 Å². The predicted molar refractivity (Wildman–Crippen MR) is 99.1 cm³/mol. The van der Waals surface area contributed by atoms with Crippen LogP contribution < -0.4 is 5.32 Å². The molecule has 24 heavy (non-hydrogen) atoms. The molecule has 0 aliphatic carbocycles. The Hall–Kier alpha value is -1.95. The summed E-state index contributed by atoms with van der Waals surface area (Å²) >= 11 is 0. The minimum Gasteiger partial charge on any atom is -0.309 e. The summed E-state index contributed by atoms with van der Waals surface area (Å²) in [5.74, 6) is 0. The zero-order valence-electron chi connectivity index (χ0n) is 14.4. The van der Waals surface area contributed by atoms with E-state index < -0.39 is 10.0 Å². The van der Waals surface area contributed by atoms with E-state index in [-0.39, 0.29) is 0 Å². The van der Waals surface area contributed by atoms with Crippen molar-refractivity contribution < 1.29 is 8.42 Å². The Morgan fingerprint density at radius 3 is 2.25 bits per heavy atom. The summed E-state index contributed by atoms with van der Waals surface area (Å²) in [6.07, 6.45) is 2.15. The van der Waals surface area contributed by atoms with Crippen LogP contribution in [0.3, 0.4) is 0 Å². The Kier molecular flexibility index (Phi) is 6.31. The van der Waals surface area contributed by atoms with Crippen molar-refractivity contribution in [2.45, 2.75) is 18.4 Å². The van der Waals surface area contributed by atoms with Crippen LogP contribution in [0, 0.1) is 0 Å². The van der Waals surface area contributed by atoms with E-state index in [1.54, 1.807) is 12.1 Å². The standard InChI is InChI=1S/C19H24N2O2S/c1-16(13-17-7-5-4-6-8-17)14-20-15-18-9-11-19(12-10-18)24(22,23)21(2)3/h4-13,20H,14-15H2,1-3H3/b16-13+. The first-order valence-corrected chi connectivity index (χ1v) is 9.28. The Bertz CT molecular complexity index is 780. The molecule has 1 N–H and O–H groups in total. The second-order valence-corrected chi connectivity index (χ2v) is 8.09. The van der Waals surface area contributed by atoms with Crippen molar-refractivity contribution in [2.75, 3.05) is 20.6 Å². The summed E-state index contributed by atoms with van der Waals surface area (Å²) in [6.45, 7) is 3.57. The molecule has 0 fully saturated rings. The molecule has 0 spiro atoms. The number of sulfonamides is 1. The quantitative estimate of drug-likeness (QED) is 0.839. The van der Waals surface area contributed by atoms with Crippen molar-refractivity contribution in [3.05, 3.63) is 71.3 Å². The fraction of sp³-hybridized carbons (Fsp3) is 0.263. The molecule has 2 rings (SSSR count). The molecule has 0 aliphatic rings. The minimum atomic E-state index is -3.36. The largest absolute Gasteiger partial charge is 0.309 e. The van der Waals surface area contributed by atoms with Gasteiger partial charge in [-0.05, 0) is 30.2 Å². The maximum absolute atomic E-state index is 12.0. The van der Waals surface area contributed by atoms with Gasteiger partial charge < -0.3 is 5.32 Å². The second-order valence-electron chi connectivity index (χ2n) is 5.94. The van der Waals surface area contributed by atoms with Gasteiger partial charge >= 0.3 is 0 Å². The number of hydrogen-bond donors (Lipinski definition) is 1. The molecule has 0 heterocycles. The van der Waals surface area contributed by atoms with Crippen LogP contribution >= 0.6 is 0 Å². The van der Waals surface area contributed by atoms with Crippen molar-refractivity contribution in [1.82, 2.24) is 9.62 Å². The van der Waals surface area contributed by atoms with Crippen LogP contribution in [0.1, 0.15) is 18.1 Å². The third-order valence-corrected chi connectivity index (χ3v) is 5.48. The molecule has 2 aromatic carbocycles. The number of nitrogens with zero attached hydrogens (tertiary/aromatic N) is 1. The van der Waals surface area contributed by atoms with E-state index in [1.807, 2.05) is 30.3 Å². The van der Waals surface area contributed by atoms with Gasteiger partial charge in [-0.15, -0.1) is 0 Å². The molecular formula is C19H24N2O2S. The molecule has 2 aromatic rings. The molecule has 0 unspecified atom stereocenters. The van der Waals surface area contributed by atoms with Gasteiger partial charge in [-0.1, -0.05) is 54.1 Å². The molecule has 0 atom stereocenters. The molecule has 0 radical (unpaired) electrons. The van der Waals surface area contributed by atoms with Gasteiger partial charge in [-0.25, -0.2) is 12.7 Å². The predicted octanol–water partition coefficient (Wildman–Crippen LogP) is 3.13. The molecule has 0 aliphatic heterocycles. The fourth-order valence-electron chi connectivity index (χ4n) is 2.28. The maximum Gasteiger partial charge on any atom is 0.242 e. The third-order valence-electron chi connectivity index (χ3n) is 3.65. The van der Waals surface area contributed by atoms with Crippen LogP contribution in [0.2, 0.25) is 0 Å². The highest BCUT2D eigenvalue weighted by Gasteiger charge is 2.16. The highest BCUT2D eigenvalue weighted by atomic mass is 32.2. The lowest BCUT2D eigenvalue weighted by Crippen LogP contribution is -2.22. The van der Waals surface area contributed by atoms with Gasteiger partial charge in [-0.2, -0.15) is 0 Å². The van der Waals surface area contributed by atoms with Crippen LogP contribution in [-0.4, -0.2) is 33.4 Å². The summed E-state index contributed by atoms with van der Waals surface area (Å²) in [5.41, 5.74) is 3.49. The maximum atomic E-state index is 12.0. The smallest absolute Gasteiger partial charge is 0.242 e. The average molecular weight is 344 g/mol. The molecule has 0 saturated heterocycles. The van der Waals surface area contributed by atoms with Gasteiger partial charge in [0.15, 0.2) is 0 Å². The van der Waals surface area contributed by atoms with Crippen molar-refractivity contribution in [2.24, 2.45) is 0 Å². The summed E-state index contributed by atoms with van der Waals surface area (Å²) in [6, 6.07) is 17.2. The van der Waals surface area contributed by atoms with Gasteiger partial charge in [0, 0.05) is 27.2 Å². The average Bonchev–Trinajstić information content (AvgIpc) is 2.56. The van der Waals surface area contributed by atoms with E-state index >= 15 is 0 Å². The van der Waals surface area contributed by atoms with Crippen LogP contribution in [-0.2, 0) is 16.6 Å². The molecule has 0 saturated carbocycles. The van der Waals surface area contributed by atoms with Gasteiger partial charge in [0.05, 0.1) is 4.90 Å². The summed E-state index contributed by atoms with van der Waals surface area (Å²) < 4.78 is 25.3. The molecule has 128 valence electrons. The number of rotatable bonds is 7. The third kappa shape index (κ3) is 5.03. The first-order chi connectivity index (χ1) is 11.4. The molecule has 4 nitrogen and oxygen atoms in total. The van der Waals surface area contributed by atoms with E-state index in [2.05, 4.69) is 30.4 Å². The van der Waals surface area contributed by atoms with Crippen molar-refractivity contribution in [3.8, 4) is 0 Å². The van der Waals surface area contributed by atoms with E-state index in [1.165, 1.54) is 29.5 Å². The lowest BCUT2D eigenvalue weighted by atomic mass is 10.1. The van der Waals surface area contributed by atoms with Crippen LogP contribution in [0.25, 0.3) is 6.08 Å². The van der Waals surface area contributed by atoms with E-state index in [4.69, 9.17) is 0 Å². The van der Waals surface area contributed by atoms with Crippen LogP contribution in [0.4, 0.5) is 0 Å². The van der Waals surface area contributed by atoms with Crippen LogP contribution in [0.5, 0.6) is 0 Å². The highest BCUT2D eigenvalue weighted by Crippen LogP contribution is 2.14. The van der Waals surface area contributed by atoms with Gasteiger partial charge in [0.1, 0.15) is 0 Å². The van der Waals surface area contributed by atoms with Gasteiger partial charge in [-0.3, -0.25) is 0 Å². The van der Waals surface area contributed by atoms with E-state index in [0.717, 1.165) is 12.1 Å². The fourth-order valence-corrected chi connectivity index (χ4v) is 3.18. The topological polar surface area (TPSA) is 49.4 Å². The first kappa shape index (κ1) is 18.4. The summed E-state index contributed by atoms with van der Waals surface area (Å²) in [4.78, 5) is 0.316. The lowest BCUT2D eigenvalue weighted by molar-refractivity contribution is 0.520. The van der Waals surface area contributed by atoms with Crippen molar-refractivity contribution >= 4 is 16.1 Å². The Balaban J connectivity index is 1.90. The summed E-state index contributed by atoms with van der Waals surface area (Å²) in [5, 5.41) is 3.37. The molecule has 0 aromatic heterocycles. The number of hydrogen-bond acceptors (Lipinski definition) is 3. The molecule has 5 heteroatoms. The normalized spacial score (nSPS) is 12.6. The van der Waals surface area contributed by atoms with Crippen LogP contribution in [0.15, 0.2) is 65.1 Å². The molecule has 0 bridgehead atoms. The van der Waals surface area contributed by atoms with Gasteiger partial charge in [0.2, 0.25) is 10.0 Å². The highest BCUT2D eigenvalue weighted by molar-refractivity contribution is 7.89. The van der Waals surface area contributed by atoms with E-state index in [0.29, 0.717) is 11.4 Å². The first-order valence-electron chi connectivity index (χ1n) is 7.84. The zero-order chi connectivity index (χ0) is 17.6. The van der Waals surface area contributed by atoms with E-state index in [9.17, 15) is 8.42 Å².